The molecule has 1 aliphatic rings. The molecule has 2 aromatic carbocycles. The van der Waals surface area contributed by atoms with E-state index < -0.39 is 0 Å². The van der Waals surface area contributed by atoms with Crippen LogP contribution in [0.5, 0.6) is 5.75 Å². The molecule has 29 heavy (non-hydrogen) atoms. The van der Waals surface area contributed by atoms with Crippen LogP contribution in [0.25, 0.3) is 11.3 Å². The molecule has 7 heteroatoms. The lowest BCUT2D eigenvalue weighted by Crippen LogP contribution is -2.37. The van der Waals surface area contributed by atoms with E-state index in [1.807, 2.05) is 48.7 Å². The highest BCUT2D eigenvalue weighted by atomic mass is 32.1. The van der Waals surface area contributed by atoms with E-state index in [0.717, 1.165) is 22.0 Å². The Balaban J connectivity index is 1.43. The van der Waals surface area contributed by atoms with Crippen molar-refractivity contribution in [2.45, 2.75) is 19.4 Å². The van der Waals surface area contributed by atoms with Crippen LogP contribution in [0.2, 0.25) is 0 Å². The van der Waals surface area contributed by atoms with Gasteiger partial charge in [-0.25, -0.2) is 4.98 Å². The molecular formula is C22H21N3O3S. The standard InChI is InChI=1S/C22H21N3O3S/c1-14-23-18(13-29-14)15-7-9-16(10-8-15)22(27)24-17-11-21(26)25(12-17)19-5-3-4-6-20(19)28-2/h3-10,13,17H,11-12H2,1-2H3,(H,24,27). The number of benzene rings is 2. The molecule has 1 aliphatic heterocycles. The summed E-state index contributed by atoms with van der Waals surface area (Å²) in [5.74, 6) is 0.417. The van der Waals surface area contributed by atoms with Crippen LogP contribution in [-0.2, 0) is 4.79 Å². The minimum atomic E-state index is -0.249. The van der Waals surface area contributed by atoms with Crippen molar-refractivity contribution in [3.05, 3.63) is 64.5 Å². The van der Waals surface area contributed by atoms with Gasteiger partial charge in [-0.2, -0.15) is 0 Å². The molecule has 0 spiro atoms. The number of thiazole rings is 1. The Morgan fingerprint density at radius 3 is 2.66 bits per heavy atom. The zero-order valence-electron chi connectivity index (χ0n) is 16.2. The number of hydrogen-bond donors (Lipinski definition) is 1. The van der Waals surface area contributed by atoms with Crippen molar-refractivity contribution in [1.29, 1.82) is 0 Å². The minimum absolute atomic E-state index is 0.0333. The van der Waals surface area contributed by atoms with Crippen molar-refractivity contribution < 1.29 is 14.3 Å². The molecule has 2 heterocycles. The van der Waals surface area contributed by atoms with Crippen molar-refractivity contribution in [3.8, 4) is 17.0 Å². The number of anilines is 1. The third kappa shape index (κ3) is 4.00. The third-order valence-corrected chi connectivity index (χ3v) is 5.67. The second kappa shape index (κ2) is 8.05. The molecule has 1 atom stereocenters. The number of rotatable bonds is 5. The summed E-state index contributed by atoms with van der Waals surface area (Å²) >= 11 is 1.60. The minimum Gasteiger partial charge on any atom is -0.495 e. The average Bonchev–Trinajstić information content (AvgIpc) is 3.33. The highest BCUT2D eigenvalue weighted by molar-refractivity contribution is 7.09. The van der Waals surface area contributed by atoms with Crippen molar-refractivity contribution in [1.82, 2.24) is 10.3 Å². The number of nitrogens with one attached hydrogen (secondary N) is 1. The number of aryl methyl sites for hydroxylation is 1. The molecule has 148 valence electrons. The number of ether oxygens (including phenoxy) is 1. The van der Waals surface area contributed by atoms with Gasteiger partial charge in [0.1, 0.15) is 5.75 Å². The SMILES string of the molecule is COc1ccccc1N1CC(NC(=O)c2ccc(-c3csc(C)n3)cc2)CC1=O. The molecule has 6 nitrogen and oxygen atoms in total. The molecule has 1 unspecified atom stereocenters. The molecule has 1 aromatic heterocycles. The quantitative estimate of drug-likeness (QED) is 0.701. The predicted octanol–water partition coefficient (Wildman–Crippen LogP) is 3.66. The second-order valence-corrected chi connectivity index (χ2v) is 7.94. The van der Waals surface area contributed by atoms with Gasteiger partial charge in [-0.05, 0) is 31.2 Å². The first-order chi connectivity index (χ1) is 14.0. The van der Waals surface area contributed by atoms with E-state index >= 15 is 0 Å². The van der Waals surface area contributed by atoms with Crippen LogP contribution in [0, 0.1) is 6.92 Å². The number of carbonyl (C=O) groups excluding carboxylic acids is 2. The Morgan fingerprint density at radius 1 is 1.21 bits per heavy atom. The van der Waals surface area contributed by atoms with Gasteiger partial charge in [0.2, 0.25) is 5.91 Å². The van der Waals surface area contributed by atoms with Crippen molar-refractivity contribution in [3.63, 3.8) is 0 Å². The van der Waals surface area contributed by atoms with Gasteiger partial charge < -0.3 is 15.0 Å². The first kappa shape index (κ1) is 19.1. The van der Waals surface area contributed by atoms with Gasteiger partial charge >= 0.3 is 0 Å². The molecule has 2 amide bonds. The fourth-order valence-corrected chi connectivity index (χ4v) is 4.07. The summed E-state index contributed by atoms with van der Waals surface area (Å²) in [6.07, 6.45) is 0.264. The third-order valence-electron chi connectivity index (χ3n) is 4.90. The van der Waals surface area contributed by atoms with Gasteiger partial charge in [0, 0.05) is 29.5 Å². The smallest absolute Gasteiger partial charge is 0.251 e. The lowest BCUT2D eigenvalue weighted by atomic mass is 10.1. The van der Waals surface area contributed by atoms with Crippen molar-refractivity contribution in [2.75, 3.05) is 18.6 Å². The zero-order chi connectivity index (χ0) is 20.4. The van der Waals surface area contributed by atoms with Gasteiger partial charge in [0.15, 0.2) is 0 Å². The number of aromatic nitrogens is 1. The van der Waals surface area contributed by atoms with E-state index in [2.05, 4.69) is 10.3 Å². The molecule has 0 aliphatic carbocycles. The molecular weight excluding hydrogens is 386 g/mol. The van der Waals surface area contributed by atoms with Gasteiger partial charge in [-0.1, -0.05) is 24.3 Å². The Hall–Kier alpha value is -3.19. The first-order valence-corrected chi connectivity index (χ1v) is 10.2. The maximum Gasteiger partial charge on any atom is 0.251 e. The summed E-state index contributed by atoms with van der Waals surface area (Å²) in [4.78, 5) is 31.3. The summed E-state index contributed by atoms with van der Waals surface area (Å²) in [6, 6.07) is 14.5. The van der Waals surface area contributed by atoms with Crippen LogP contribution in [-0.4, -0.2) is 36.5 Å². The number of methoxy groups -OCH3 is 1. The van der Waals surface area contributed by atoms with Crippen molar-refractivity contribution in [2.24, 2.45) is 0 Å². The monoisotopic (exact) mass is 407 g/mol. The Morgan fingerprint density at radius 2 is 1.97 bits per heavy atom. The van der Waals surface area contributed by atoms with E-state index in [9.17, 15) is 9.59 Å². The van der Waals surface area contributed by atoms with Crippen LogP contribution in [0.15, 0.2) is 53.9 Å². The molecule has 0 saturated carbocycles. The lowest BCUT2D eigenvalue weighted by Gasteiger charge is -2.19. The molecule has 0 bridgehead atoms. The summed E-state index contributed by atoms with van der Waals surface area (Å²) < 4.78 is 5.36. The fraction of sp³-hybridized carbons (Fsp3) is 0.227. The lowest BCUT2D eigenvalue weighted by molar-refractivity contribution is -0.117. The maximum absolute atomic E-state index is 12.6. The largest absolute Gasteiger partial charge is 0.495 e. The van der Waals surface area contributed by atoms with Crippen molar-refractivity contribution >= 4 is 28.8 Å². The summed E-state index contributed by atoms with van der Waals surface area (Å²) in [5, 5.41) is 5.98. The summed E-state index contributed by atoms with van der Waals surface area (Å²) in [5.41, 5.74) is 3.17. The Labute approximate surface area is 173 Å². The number of hydrogen-bond acceptors (Lipinski definition) is 5. The van der Waals surface area contributed by atoms with Gasteiger partial charge in [-0.15, -0.1) is 11.3 Å². The van der Waals surface area contributed by atoms with Crippen LogP contribution < -0.4 is 15.0 Å². The fourth-order valence-electron chi connectivity index (χ4n) is 3.45. The van der Waals surface area contributed by atoms with Gasteiger partial charge in [0.05, 0.1) is 29.5 Å². The average molecular weight is 407 g/mol. The topological polar surface area (TPSA) is 71.5 Å². The van der Waals surface area contributed by atoms with Crippen LogP contribution >= 0.6 is 11.3 Å². The van der Waals surface area contributed by atoms with E-state index in [1.54, 1.807) is 35.5 Å². The zero-order valence-corrected chi connectivity index (χ0v) is 17.0. The molecule has 3 aromatic rings. The molecule has 1 N–H and O–H groups in total. The summed E-state index contributed by atoms with van der Waals surface area (Å²) in [7, 11) is 1.58. The molecule has 1 fully saturated rings. The Kier molecular flexibility index (Phi) is 5.31. The van der Waals surface area contributed by atoms with E-state index in [4.69, 9.17) is 4.74 Å². The maximum atomic E-state index is 12.6. The van der Waals surface area contributed by atoms with Gasteiger partial charge in [-0.3, -0.25) is 9.59 Å². The highest BCUT2D eigenvalue weighted by Crippen LogP contribution is 2.31. The number of carbonyl (C=O) groups is 2. The summed E-state index contributed by atoms with van der Waals surface area (Å²) in [6.45, 7) is 2.38. The molecule has 4 rings (SSSR count). The van der Waals surface area contributed by atoms with Crippen LogP contribution in [0.3, 0.4) is 0 Å². The normalized spacial score (nSPS) is 16.1. The van der Waals surface area contributed by atoms with Gasteiger partial charge in [0.25, 0.3) is 5.91 Å². The number of nitrogens with zero attached hydrogens (tertiary/aromatic N) is 2. The number of amides is 2. The number of para-hydroxylation sites is 2. The predicted molar refractivity (Wildman–Crippen MR) is 114 cm³/mol. The Bertz CT molecular complexity index is 1050. The second-order valence-electron chi connectivity index (χ2n) is 6.88. The highest BCUT2D eigenvalue weighted by Gasteiger charge is 2.33. The molecule has 1 saturated heterocycles. The van der Waals surface area contributed by atoms with E-state index in [1.165, 1.54) is 0 Å². The van der Waals surface area contributed by atoms with E-state index in [-0.39, 0.29) is 24.3 Å². The van der Waals surface area contributed by atoms with Crippen LogP contribution in [0.4, 0.5) is 5.69 Å². The first-order valence-electron chi connectivity index (χ1n) is 9.32. The van der Waals surface area contributed by atoms with E-state index in [0.29, 0.717) is 17.9 Å². The van der Waals surface area contributed by atoms with Crippen LogP contribution in [0.1, 0.15) is 21.8 Å². The molecule has 0 radical (unpaired) electrons.